The van der Waals surface area contributed by atoms with Gasteiger partial charge in [0.2, 0.25) is 0 Å². The quantitative estimate of drug-likeness (QED) is 0.344. The Morgan fingerprint density at radius 3 is 2.67 bits per heavy atom. The van der Waals surface area contributed by atoms with Crippen LogP contribution in [-0.4, -0.2) is 11.1 Å². The SMILES string of the molecule is C=C(C)C(=O)OC=CO. The van der Waals surface area contributed by atoms with Crippen molar-refractivity contribution in [3.05, 3.63) is 24.7 Å². The molecule has 50 valence electrons. The van der Waals surface area contributed by atoms with Gasteiger partial charge in [0.1, 0.15) is 12.5 Å². The number of hydrogen-bond acceptors (Lipinski definition) is 3. The lowest BCUT2D eigenvalue weighted by molar-refractivity contribution is -0.133. The van der Waals surface area contributed by atoms with E-state index in [2.05, 4.69) is 11.3 Å². The highest BCUT2D eigenvalue weighted by Crippen LogP contribution is 1.90. The second kappa shape index (κ2) is 3.72. The fourth-order valence-electron chi connectivity index (χ4n) is 0.193. The summed E-state index contributed by atoms with van der Waals surface area (Å²) >= 11 is 0. The largest absolute Gasteiger partial charge is 0.512 e. The van der Waals surface area contributed by atoms with Crippen LogP contribution in [0, 0.1) is 0 Å². The molecule has 3 nitrogen and oxygen atoms in total. The van der Waals surface area contributed by atoms with Crippen molar-refractivity contribution < 1.29 is 14.6 Å². The van der Waals surface area contributed by atoms with E-state index in [1.165, 1.54) is 6.92 Å². The third kappa shape index (κ3) is 3.34. The molecule has 0 bridgehead atoms. The first-order valence-electron chi connectivity index (χ1n) is 2.34. The fraction of sp³-hybridized carbons (Fsp3) is 0.167. The van der Waals surface area contributed by atoms with Crippen molar-refractivity contribution >= 4 is 5.97 Å². The molecule has 0 saturated carbocycles. The molecule has 0 rings (SSSR count). The highest BCUT2D eigenvalue weighted by molar-refractivity contribution is 5.87. The maximum absolute atomic E-state index is 10.4. The van der Waals surface area contributed by atoms with Gasteiger partial charge >= 0.3 is 5.97 Å². The van der Waals surface area contributed by atoms with Gasteiger partial charge in [0.25, 0.3) is 0 Å². The predicted octanol–water partition coefficient (Wildman–Crippen LogP) is 1.13. The molecule has 0 atom stereocenters. The van der Waals surface area contributed by atoms with Gasteiger partial charge < -0.3 is 9.84 Å². The Morgan fingerprint density at radius 2 is 2.33 bits per heavy atom. The van der Waals surface area contributed by atoms with Gasteiger partial charge in [-0.05, 0) is 6.92 Å². The second-order valence-electron chi connectivity index (χ2n) is 1.47. The molecule has 0 unspecified atom stereocenters. The van der Waals surface area contributed by atoms with Crippen molar-refractivity contribution in [3.8, 4) is 0 Å². The standard InChI is InChI=1S/C6H8O3/c1-5(2)6(8)9-4-3-7/h3-4,7H,1H2,2H3. The van der Waals surface area contributed by atoms with Crippen LogP contribution < -0.4 is 0 Å². The van der Waals surface area contributed by atoms with Gasteiger partial charge in [0.15, 0.2) is 0 Å². The number of carbonyl (C=O) groups is 1. The van der Waals surface area contributed by atoms with E-state index in [0.29, 0.717) is 11.8 Å². The highest BCUT2D eigenvalue weighted by Gasteiger charge is 1.98. The van der Waals surface area contributed by atoms with Crippen LogP contribution in [0.15, 0.2) is 24.7 Å². The maximum Gasteiger partial charge on any atom is 0.338 e. The molecule has 0 saturated heterocycles. The van der Waals surface area contributed by atoms with Gasteiger partial charge in [-0.15, -0.1) is 0 Å². The first kappa shape index (κ1) is 7.75. The van der Waals surface area contributed by atoms with Crippen LogP contribution in [0.4, 0.5) is 0 Å². The van der Waals surface area contributed by atoms with E-state index in [1.54, 1.807) is 0 Å². The van der Waals surface area contributed by atoms with Gasteiger partial charge in [-0.1, -0.05) is 6.58 Å². The number of carbonyl (C=O) groups excluding carboxylic acids is 1. The number of aliphatic hydroxyl groups excluding tert-OH is 1. The molecule has 9 heavy (non-hydrogen) atoms. The van der Waals surface area contributed by atoms with Gasteiger partial charge in [-0.3, -0.25) is 0 Å². The zero-order valence-corrected chi connectivity index (χ0v) is 5.13. The Hall–Kier alpha value is -1.25. The van der Waals surface area contributed by atoms with E-state index in [4.69, 9.17) is 5.11 Å². The monoisotopic (exact) mass is 128 g/mol. The Kier molecular flexibility index (Phi) is 3.20. The number of esters is 1. The molecule has 1 N–H and O–H groups in total. The van der Waals surface area contributed by atoms with Crippen molar-refractivity contribution in [2.24, 2.45) is 0 Å². The topological polar surface area (TPSA) is 46.5 Å². The molecule has 0 amide bonds. The molecule has 0 fully saturated rings. The predicted molar refractivity (Wildman–Crippen MR) is 32.7 cm³/mol. The van der Waals surface area contributed by atoms with Crippen molar-refractivity contribution in [1.29, 1.82) is 0 Å². The first-order valence-corrected chi connectivity index (χ1v) is 2.34. The number of rotatable bonds is 2. The van der Waals surface area contributed by atoms with Gasteiger partial charge in [-0.25, -0.2) is 4.79 Å². The summed E-state index contributed by atoms with van der Waals surface area (Å²) in [4.78, 5) is 10.4. The third-order valence-corrected chi connectivity index (χ3v) is 0.584. The van der Waals surface area contributed by atoms with Crippen LogP contribution in [0.3, 0.4) is 0 Å². The number of aliphatic hydroxyl groups is 1. The van der Waals surface area contributed by atoms with Crippen LogP contribution in [0.5, 0.6) is 0 Å². The Labute approximate surface area is 53.3 Å². The van der Waals surface area contributed by atoms with Crippen molar-refractivity contribution in [1.82, 2.24) is 0 Å². The Bertz CT molecular complexity index is 146. The van der Waals surface area contributed by atoms with Crippen LogP contribution in [0.1, 0.15) is 6.92 Å². The zero-order chi connectivity index (χ0) is 7.28. The molecule has 0 aromatic heterocycles. The smallest absolute Gasteiger partial charge is 0.338 e. The van der Waals surface area contributed by atoms with Crippen molar-refractivity contribution in [2.75, 3.05) is 0 Å². The summed E-state index contributed by atoms with van der Waals surface area (Å²) in [7, 11) is 0. The third-order valence-electron chi connectivity index (χ3n) is 0.584. The minimum atomic E-state index is -0.541. The summed E-state index contributed by atoms with van der Waals surface area (Å²) in [6.07, 6.45) is 1.53. The summed E-state index contributed by atoms with van der Waals surface area (Å²) in [6, 6.07) is 0. The fourth-order valence-corrected chi connectivity index (χ4v) is 0.193. The van der Waals surface area contributed by atoms with Crippen LogP contribution >= 0.6 is 0 Å². The minimum Gasteiger partial charge on any atom is -0.512 e. The van der Waals surface area contributed by atoms with Gasteiger partial charge in [0, 0.05) is 5.57 Å². The minimum absolute atomic E-state index is 0.299. The van der Waals surface area contributed by atoms with E-state index < -0.39 is 5.97 Å². The van der Waals surface area contributed by atoms with E-state index in [1.807, 2.05) is 0 Å². The molecule has 0 aromatic carbocycles. The molecule has 0 aliphatic rings. The average Bonchev–Trinajstić information content (AvgIpc) is 1.82. The average molecular weight is 128 g/mol. The van der Waals surface area contributed by atoms with Gasteiger partial charge in [0.05, 0.1) is 0 Å². The molecule has 0 aromatic rings. The summed E-state index contributed by atoms with van der Waals surface area (Å²) in [5, 5.41) is 8.01. The highest BCUT2D eigenvalue weighted by atomic mass is 16.5. The molecular weight excluding hydrogens is 120 g/mol. The van der Waals surface area contributed by atoms with E-state index in [9.17, 15) is 4.79 Å². The van der Waals surface area contributed by atoms with E-state index in [-0.39, 0.29) is 0 Å². The molecule has 0 aliphatic carbocycles. The maximum atomic E-state index is 10.4. The molecular formula is C6H8O3. The molecule has 0 radical (unpaired) electrons. The number of hydrogen-bond donors (Lipinski definition) is 1. The molecule has 0 spiro atoms. The van der Waals surface area contributed by atoms with Crippen molar-refractivity contribution in [2.45, 2.75) is 6.92 Å². The first-order chi connectivity index (χ1) is 4.18. The summed E-state index contributed by atoms with van der Waals surface area (Å²) in [5.74, 6) is -0.541. The normalized spacial score (nSPS) is 9.44. The van der Waals surface area contributed by atoms with E-state index >= 15 is 0 Å². The van der Waals surface area contributed by atoms with Crippen LogP contribution in [0.2, 0.25) is 0 Å². The summed E-state index contributed by atoms with van der Waals surface area (Å²) < 4.78 is 4.28. The van der Waals surface area contributed by atoms with Crippen LogP contribution in [0.25, 0.3) is 0 Å². The summed E-state index contributed by atoms with van der Waals surface area (Å²) in [6.45, 7) is 4.84. The summed E-state index contributed by atoms with van der Waals surface area (Å²) in [5.41, 5.74) is 0.299. The molecule has 0 heterocycles. The molecule has 3 heteroatoms. The lowest BCUT2D eigenvalue weighted by atomic mass is 10.4. The number of ether oxygens (including phenoxy) is 1. The lowest BCUT2D eigenvalue weighted by Gasteiger charge is -1.93. The Morgan fingerprint density at radius 1 is 1.78 bits per heavy atom. The van der Waals surface area contributed by atoms with Crippen molar-refractivity contribution in [3.63, 3.8) is 0 Å². The van der Waals surface area contributed by atoms with E-state index in [0.717, 1.165) is 6.26 Å². The molecule has 0 aliphatic heterocycles. The zero-order valence-electron chi connectivity index (χ0n) is 5.13. The lowest BCUT2D eigenvalue weighted by Crippen LogP contribution is -1.98. The second-order valence-corrected chi connectivity index (χ2v) is 1.47. The van der Waals surface area contributed by atoms with Gasteiger partial charge in [-0.2, -0.15) is 0 Å². The van der Waals surface area contributed by atoms with Crippen LogP contribution in [-0.2, 0) is 9.53 Å². The Balaban J connectivity index is 3.65.